The first kappa shape index (κ1) is 11.4. The molecule has 0 heterocycles. The lowest BCUT2D eigenvalue weighted by Gasteiger charge is -2.61. The number of aliphatic hydroxyl groups is 2. The van der Waals surface area contributed by atoms with Crippen molar-refractivity contribution < 1.29 is 10.2 Å². The van der Waals surface area contributed by atoms with Crippen molar-refractivity contribution in [3.63, 3.8) is 0 Å². The largest absolute Gasteiger partial charge is 0.396 e. The van der Waals surface area contributed by atoms with Crippen LogP contribution in [-0.2, 0) is 0 Å². The van der Waals surface area contributed by atoms with Crippen LogP contribution in [0.2, 0.25) is 0 Å². The zero-order valence-electron chi connectivity index (χ0n) is 10.1. The van der Waals surface area contributed by atoms with Gasteiger partial charge in [0.15, 0.2) is 0 Å². The van der Waals surface area contributed by atoms with E-state index in [1.54, 1.807) is 0 Å². The standard InChI is InChI=1S/C13H24O2/c1-11(2)8-12(9-11,10-14)13(15)6-4-3-5-7-13/h14-15H,3-10H2,1-2H3. The lowest BCUT2D eigenvalue weighted by Crippen LogP contribution is -2.61. The summed E-state index contributed by atoms with van der Waals surface area (Å²) < 4.78 is 0. The summed E-state index contributed by atoms with van der Waals surface area (Å²) in [7, 11) is 0. The molecule has 2 nitrogen and oxygen atoms in total. The van der Waals surface area contributed by atoms with Crippen molar-refractivity contribution in [1.82, 2.24) is 0 Å². The second kappa shape index (κ2) is 3.46. The van der Waals surface area contributed by atoms with E-state index in [0.29, 0.717) is 5.41 Å². The quantitative estimate of drug-likeness (QED) is 0.738. The molecule has 2 saturated carbocycles. The van der Waals surface area contributed by atoms with Crippen LogP contribution in [0.3, 0.4) is 0 Å². The molecule has 2 aliphatic carbocycles. The molecule has 0 aliphatic heterocycles. The van der Waals surface area contributed by atoms with Gasteiger partial charge in [0.1, 0.15) is 0 Å². The third kappa shape index (κ3) is 1.72. The Morgan fingerprint density at radius 1 is 1.00 bits per heavy atom. The van der Waals surface area contributed by atoms with Gasteiger partial charge in [-0.3, -0.25) is 0 Å². The van der Waals surface area contributed by atoms with Crippen molar-refractivity contribution in [3.05, 3.63) is 0 Å². The molecule has 2 rings (SSSR count). The molecule has 2 aliphatic rings. The SMILES string of the molecule is CC1(C)CC(CO)(C2(O)CCCCC2)C1. The molecule has 0 spiro atoms. The molecule has 2 heteroatoms. The van der Waals surface area contributed by atoms with Crippen LogP contribution in [0.5, 0.6) is 0 Å². The first-order chi connectivity index (χ1) is 6.93. The lowest BCUT2D eigenvalue weighted by atomic mass is 9.46. The summed E-state index contributed by atoms with van der Waals surface area (Å²) in [5.74, 6) is 0. The van der Waals surface area contributed by atoms with Gasteiger partial charge in [-0.05, 0) is 31.1 Å². The van der Waals surface area contributed by atoms with Crippen LogP contribution in [0.15, 0.2) is 0 Å². The first-order valence-corrected chi connectivity index (χ1v) is 6.26. The second-order valence-electron chi connectivity index (χ2n) is 6.55. The first-order valence-electron chi connectivity index (χ1n) is 6.26. The van der Waals surface area contributed by atoms with Crippen molar-refractivity contribution in [3.8, 4) is 0 Å². The normalized spacial score (nSPS) is 32.0. The summed E-state index contributed by atoms with van der Waals surface area (Å²) in [6.07, 6.45) is 7.23. The maximum Gasteiger partial charge on any atom is 0.0726 e. The van der Waals surface area contributed by atoms with Gasteiger partial charge < -0.3 is 10.2 Å². The van der Waals surface area contributed by atoms with Gasteiger partial charge in [0, 0.05) is 5.41 Å². The van der Waals surface area contributed by atoms with Gasteiger partial charge in [0.2, 0.25) is 0 Å². The molecule has 0 radical (unpaired) electrons. The van der Waals surface area contributed by atoms with Crippen molar-refractivity contribution in [2.45, 2.75) is 64.4 Å². The van der Waals surface area contributed by atoms with E-state index in [4.69, 9.17) is 0 Å². The van der Waals surface area contributed by atoms with Crippen LogP contribution >= 0.6 is 0 Å². The van der Waals surface area contributed by atoms with Crippen LogP contribution in [0, 0.1) is 10.8 Å². The average molecular weight is 212 g/mol. The molecule has 2 fully saturated rings. The van der Waals surface area contributed by atoms with Gasteiger partial charge >= 0.3 is 0 Å². The highest BCUT2D eigenvalue weighted by molar-refractivity contribution is 5.10. The topological polar surface area (TPSA) is 40.5 Å². The van der Waals surface area contributed by atoms with Crippen LogP contribution in [0.1, 0.15) is 58.8 Å². The Morgan fingerprint density at radius 3 is 1.93 bits per heavy atom. The molecule has 0 amide bonds. The zero-order valence-corrected chi connectivity index (χ0v) is 10.1. The van der Waals surface area contributed by atoms with Gasteiger partial charge in [-0.1, -0.05) is 33.1 Å². The Balaban J connectivity index is 2.13. The molecule has 88 valence electrons. The summed E-state index contributed by atoms with van der Waals surface area (Å²) >= 11 is 0. The maximum atomic E-state index is 10.7. The summed E-state index contributed by atoms with van der Waals surface area (Å²) in [5.41, 5.74) is -0.442. The van der Waals surface area contributed by atoms with Crippen LogP contribution in [0.25, 0.3) is 0 Å². The van der Waals surface area contributed by atoms with E-state index in [2.05, 4.69) is 13.8 Å². The fourth-order valence-corrected chi connectivity index (χ4v) is 4.04. The average Bonchev–Trinajstić information content (AvgIpc) is 2.14. The molecule has 0 saturated heterocycles. The molecule has 0 atom stereocenters. The van der Waals surface area contributed by atoms with Gasteiger partial charge in [0.25, 0.3) is 0 Å². The third-order valence-electron chi connectivity index (χ3n) is 4.60. The summed E-state index contributed by atoms with van der Waals surface area (Å²) in [5, 5.41) is 20.3. The number of hydrogen-bond acceptors (Lipinski definition) is 2. The van der Waals surface area contributed by atoms with Gasteiger partial charge in [0.05, 0.1) is 12.2 Å². The molecule has 0 aromatic rings. The minimum Gasteiger partial charge on any atom is -0.396 e. The molecule has 0 aromatic carbocycles. The zero-order chi connectivity index (χ0) is 11.2. The van der Waals surface area contributed by atoms with Crippen molar-refractivity contribution in [1.29, 1.82) is 0 Å². The fourth-order valence-electron chi connectivity index (χ4n) is 4.04. The molecule has 2 N–H and O–H groups in total. The molecular formula is C13H24O2. The Morgan fingerprint density at radius 2 is 1.53 bits per heavy atom. The maximum absolute atomic E-state index is 10.7. The molecule has 0 aromatic heterocycles. The highest BCUT2D eigenvalue weighted by Gasteiger charge is 2.60. The summed E-state index contributed by atoms with van der Waals surface area (Å²) in [6.45, 7) is 4.62. The minimum absolute atomic E-state index is 0.160. The highest BCUT2D eigenvalue weighted by Crippen LogP contribution is 2.62. The Labute approximate surface area is 92.7 Å². The monoisotopic (exact) mass is 212 g/mol. The van der Waals surface area contributed by atoms with Crippen LogP contribution in [-0.4, -0.2) is 22.4 Å². The number of rotatable bonds is 2. The Kier molecular flexibility index (Phi) is 2.63. The van der Waals surface area contributed by atoms with E-state index in [1.165, 1.54) is 6.42 Å². The van der Waals surface area contributed by atoms with E-state index in [-0.39, 0.29) is 12.0 Å². The van der Waals surface area contributed by atoms with Crippen LogP contribution in [0.4, 0.5) is 0 Å². The van der Waals surface area contributed by atoms with Gasteiger partial charge in [-0.2, -0.15) is 0 Å². The lowest BCUT2D eigenvalue weighted by molar-refractivity contribution is -0.208. The molecular weight excluding hydrogens is 188 g/mol. The molecule has 0 bridgehead atoms. The minimum atomic E-state index is -0.574. The van der Waals surface area contributed by atoms with Crippen molar-refractivity contribution in [2.24, 2.45) is 10.8 Å². The predicted molar refractivity (Wildman–Crippen MR) is 60.6 cm³/mol. The van der Waals surface area contributed by atoms with Gasteiger partial charge in [-0.25, -0.2) is 0 Å². The van der Waals surface area contributed by atoms with E-state index < -0.39 is 5.60 Å². The van der Waals surface area contributed by atoms with E-state index in [9.17, 15) is 10.2 Å². The van der Waals surface area contributed by atoms with E-state index in [0.717, 1.165) is 38.5 Å². The molecule has 0 unspecified atom stereocenters. The molecule has 15 heavy (non-hydrogen) atoms. The van der Waals surface area contributed by atoms with E-state index in [1.807, 2.05) is 0 Å². The van der Waals surface area contributed by atoms with Crippen molar-refractivity contribution in [2.75, 3.05) is 6.61 Å². The highest BCUT2D eigenvalue weighted by atomic mass is 16.3. The Bertz CT molecular complexity index is 231. The third-order valence-corrected chi connectivity index (χ3v) is 4.60. The van der Waals surface area contributed by atoms with Crippen LogP contribution < -0.4 is 0 Å². The number of aliphatic hydroxyl groups excluding tert-OH is 1. The predicted octanol–water partition coefficient (Wildman–Crippen LogP) is 2.48. The van der Waals surface area contributed by atoms with Crippen molar-refractivity contribution >= 4 is 0 Å². The smallest absolute Gasteiger partial charge is 0.0726 e. The Hall–Kier alpha value is -0.0800. The number of hydrogen-bond donors (Lipinski definition) is 2. The second-order valence-corrected chi connectivity index (χ2v) is 6.55. The fraction of sp³-hybridized carbons (Fsp3) is 1.00. The van der Waals surface area contributed by atoms with Gasteiger partial charge in [-0.15, -0.1) is 0 Å². The summed E-state index contributed by atoms with van der Waals surface area (Å²) in [4.78, 5) is 0. The summed E-state index contributed by atoms with van der Waals surface area (Å²) in [6, 6.07) is 0. The van der Waals surface area contributed by atoms with E-state index >= 15 is 0 Å².